The second-order valence-corrected chi connectivity index (χ2v) is 7.84. The Morgan fingerprint density at radius 3 is 2.48 bits per heavy atom. The molecule has 2 aromatic rings. The molecule has 3 nitrogen and oxygen atoms in total. The highest BCUT2D eigenvalue weighted by Gasteiger charge is 2.53. The molecule has 140 valence electrons. The molecule has 4 heteroatoms. The van der Waals surface area contributed by atoms with Gasteiger partial charge in [0.15, 0.2) is 0 Å². The molecule has 2 unspecified atom stereocenters. The van der Waals surface area contributed by atoms with Crippen LogP contribution in [0.2, 0.25) is 0 Å². The minimum Gasteiger partial charge on any atom is -0.373 e. The Morgan fingerprint density at radius 1 is 1.15 bits per heavy atom. The highest BCUT2D eigenvalue weighted by Crippen LogP contribution is 2.51. The molecule has 1 saturated carbocycles. The van der Waals surface area contributed by atoms with Gasteiger partial charge in [-0.1, -0.05) is 36.8 Å². The van der Waals surface area contributed by atoms with Crippen molar-refractivity contribution in [1.82, 2.24) is 4.90 Å². The molecule has 0 spiro atoms. The number of likely N-dealkylation sites (tertiary alicyclic amines) is 1. The zero-order chi connectivity index (χ0) is 18.9. The summed E-state index contributed by atoms with van der Waals surface area (Å²) in [5.74, 6) is 0.240. The third-order valence-corrected chi connectivity index (χ3v) is 6.34. The van der Waals surface area contributed by atoms with Crippen LogP contribution in [0.5, 0.6) is 0 Å². The van der Waals surface area contributed by atoms with Crippen LogP contribution < -0.4 is 0 Å². The number of nitriles is 1. The Kier molecular flexibility index (Phi) is 4.99. The SMILES string of the molecule is COC1(c2cc(F)cc(C#N)c2)C2CCCC1CN(Cc1ccccc1)C2. The maximum absolute atomic E-state index is 14.2. The summed E-state index contributed by atoms with van der Waals surface area (Å²) >= 11 is 0. The van der Waals surface area contributed by atoms with Crippen LogP contribution in [-0.2, 0) is 16.9 Å². The van der Waals surface area contributed by atoms with E-state index in [4.69, 9.17) is 4.74 Å². The second-order valence-electron chi connectivity index (χ2n) is 7.84. The van der Waals surface area contributed by atoms with E-state index in [2.05, 4.69) is 35.2 Å². The lowest BCUT2D eigenvalue weighted by atomic mass is 9.62. The van der Waals surface area contributed by atoms with Gasteiger partial charge in [0.1, 0.15) is 11.4 Å². The summed E-state index contributed by atoms with van der Waals surface area (Å²) < 4.78 is 20.4. The first-order chi connectivity index (χ1) is 13.2. The monoisotopic (exact) mass is 364 g/mol. The average molecular weight is 364 g/mol. The summed E-state index contributed by atoms with van der Waals surface area (Å²) in [6.07, 6.45) is 3.31. The van der Waals surface area contributed by atoms with Crippen LogP contribution in [0, 0.1) is 29.0 Å². The average Bonchev–Trinajstić information content (AvgIpc) is 2.67. The Bertz CT molecular complexity index is 831. The van der Waals surface area contributed by atoms with E-state index in [-0.39, 0.29) is 5.82 Å². The van der Waals surface area contributed by atoms with Crippen molar-refractivity contribution < 1.29 is 9.13 Å². The zero-order valence-corrected chi connectivity index (χ0v) is 15.7. The topological polar surface area (TPSA) is 36.3 Å². The summed E-state index contributed by atoms with van der Waals surface area (Å²) in [4.78, 5) is 2.51. The van der Waals surface area contributed by atoms with Crippen molar-refractivity contribution in [2.45, 2.75) is 31.4 Å². The van der Waals surface area contributed by atoms with E-state index in [0.717, 1.165) is 38.0 Å². The van der Waals surface area contributed by atoms with Crippen molar-refractivity contribution in [3.63, 3.8) is 0 Å². The van der Waals surface area contributed by atoms with Crippen molar-refractivity contribution >= 4 is 0 Å². The van der Waals surface area contributed by atoms with Gasteiger partial charge < -0.3 is 4.74 Å². The van der Waals surface area contributed by atoms with Gasteiger partial charge in [0.25, 0.3) is 0 Å². The number of rotatable bonds is 4. The number of ether oxygens (including phenoxy) is 1. The van der Waals surface area contributed by atoms with Crippen molar-refractivity contribution in [1.29, 1.82) is 5.26 Å². The molecule has 0 radical (unpaired) electrons. The summed E-state index contributed by atoms with van der Waals surface area (Å²) in [6.45, 7) is 2.79. The lowest BCUT2D eigenvalue weighted by molar-refractivity contribution is -0.170. The third kappa shape index (κ3) is 3.26. The lowest BCUT2D eigenvalue weighted by Crippen LogP contribution is -2.58. The zero-order valence-electron chi connectivity index (χ0n) is 15.7. The molecule has 2 aliphatic rings. The fourth-order valence-electron chi connectivity index (χ4n) is 5.30. The van der Waals surface area contributed by atoms with Crippen molar-refractivity contribution in [2.75, 3.05) is 20.2 Å². The molecule has 1 aliphatic heterocycles. The van der Waals surface area contributed by atoms with Crippen LogP contribution in [0.3, 0.4) is 0 Å². The molecule has 2 atom stereocenters. The number of hydrogen-bond donors (Lipinski definition) is 0. The molecule has 1 heterocycles. The number of halogens is 1. The predicted octanol–water partition coefficient (Wildman–Crippen LogP) is 4.47. The standard InChI is InChI=1S/C23H25FN2O/c1-27-23(21-10-18(13-25)11-22(24)12-21)19-8-5-9-20(23)16-26(15-19)14-17-6-3-2-4-7-17/h2-4,6-7,10-12,19-20H,5,8-9,14-16H2,1H3. The normalized spacial score (nSPS) is 27.9. The number of methoxy groups -OCH3 is 1. The van der Waals surface area contributed by atoms with Gasteiger partial charge in [-0.05, 0) is 42.2 Å². The first-order valence-corrected chi connectivity index (χ1v) is 9.68. The second kappa shape index (κ2) is 7.42. The van der Waals surface area contributed by atoms with Crippen molar-refractivity contribution in [3.05, 3.63) is 71.0 Å². The minimum absolute atomic E-state index is 0.298. The van der Waals surface area contributed by atoms with Crippen molar-refractivity contribution in [2.24, 2.45) is 11.8 Å². The summed E-state index contributed by atoms with van der Waals surface area (Å²) in [5, 5.41) is 9.28. The summed E-state index contributed by atoms with van der Waals surface area (Å²) in [5.41, 5.74) is 2.01. The first-order valence-electron chi connectivity index (χ1n) is 9.68. The molecular weight excluding hydrogens is 339 g/mol. The van der Waals surface area contributed by atoms with Gasteiger partial charge in [-0.3, -0.25) is 4.90 Å². The van der Waals surface area contributed by atoms with Crippen LogP contribution in [0.25, 0.3) is 0 Å². The molecule has 4 rings (SSSR count). The van der Waals surface area contributed by atoms with E-state index >= 15 is 0 Å². The Labute approximate surface area is 160 Å². The maximum Gasteiger partial charge on any atom is 0.124 e. The van der Waals surface area contributed by atoms with Gasteiger partial charge in [-0.25, -0.2) is 4.39 Å². The fraction of sp³-hybridized carbons (Fsp3) is 0.435. The molecule has 27 heavy (non-hydrogen) atoms. The highest BCUT2D eigenvalue weighted by atomic mass is 19.1. The molecule has 0 amide bonds. The summed E-state index contributed by atoms with van der Waals surface area (Å²) in [6, 6.07) is 17.3. The van der Waals surface area contributed by atoms with Gasteiger partial charge in [0.2, 0.25) is 0 Å². The quantitative estimate of drug-likeness (QED) is 0.803. The number of piperidine rings is 1. The van der Waals surface area contributed by atoms with E-state index in [9.17, 15) is 9.65 Å². The van der Waals surface area contributed by atoms with Gasteiger partial charge in [-0.2, -0.15) is 5.26 Å². The van der Waals surface area contributed by atoms with E-state index in [1.165, 1.54) is 18.1 Å². The van der Waals surface area contributed by atoms with Crippen LogP contribution in [0.4, 0.5) is 4.39 Å². The highest BCUT2D eigenvalue weighted by molar-refractivity contribution is 5.38. The fourth-order valence-corrected chi connectivity index (χ4v) is 5.30. The molecule has 2 aromatic carbocycles. The Morgan fingerprint density at radius 2 is 1.85 bits per heavy atom. The molecule has 0 aromatic heterocycles. The van der Waals surface area contributed by atoms with Crippen LogP contribution in [-0.4, -0.2) is 25.1 Å². The molecule has 2 fully saturated rings. The molecule has 0 N–H and O–H groups in total. The van der Waals surface area contributed by atoms with Gasteiger partial charge in [0, 0.05) is 38.6 Å². The maximum atomic E-state index is 14.2. The lowest BCUT2D eigenvalue weighted by Gasteiger charge is -2.55. The Balaban J connectivity index is 1.67. The number of hydrogen-bond acceptors (Lipinski definition) is 3. The van der Waals surface area contributed by atoms with E-state index in [1.807, 2.05) is 12.1 Å². The predicted molar refractivity (Wildman–Crippen MR) is 102 cm³/mol. The largest absolute Gasteiger partial charge is 0.373 e. The summed E-state index contributed by atoms with van der Waals surface area (Å²) in [7, 11) is 1.75. The molecule has 2 bridgehead atoms. The Hall–Kier alpha value is -2.22. The van der Waals surface area contributed by atoms with Gasteiger partial charge in [0.05, 0.1) is 11.6 Å². The first kappa shape index (κ1) is 18.2. The van der Waals surface area contributed by atoms with Crippen LogP contribution in [0.1, 0.15) is 36.0 Å². The molecular formula is C23H25FN2O. The number of fused-ring (bicyclic) bond motifs is 2. The van der Waals surface area contributed by atoms with Gasteiger partial charge in [-0.15, -0.1) is 0 Å². The molecule has 1 saturated heterocycles. The number of benzene rings is 2. The van der Waals surface area contributed by atoms with Gasteiger partial charge >= 0.3 is 0 Å². The van der Waals surface area contributed by atoms with E-state index < -0.39 is 5.60 Å². The van der Waals surface area contributed by atoms with Crippen LogP contribution in [0.15, 0.2) is 48.5 Å². The van der Waals surface area contributed by atoms with E-state index in [1.54, 1.807) is 13.2 Å². The smallest absolute Gasteiger partial charge is 0.124 e. The van der Waals surface area contributed by atoms with Crippen LogP contribution >= 0.6 is 0 Å². The van der Waals surface area contributed by atoms with E-state index in [0.29, 0.717) is 17.4 Å². The minimum atomic E-state index is -0.501. The third-order valence-electron chi connectivity index (χ3n) is 6.34. The molecule has 1 aliphatic carbocycles. The number of nitrogens with zero attached hydrogens (tertiary/aromatic N) is 2. The van der Waals surface area contributed by atoms with Crippen molar-refractivity contribution in [3.8, 4) is 6.07 Å².